The predicted octanol–water partition coefficient (Wildman–Crippen LogP) is 4.67. The molecule has 1 heterocycles. The largest absolute Gasteiger partial charge is 0.337 e. The van der Waals surface area contributed by atoms with Crippen molar-refractivity contribution in [1.82, 2.24) is 4.57 Å². The fraction of sp³-hybridized carbons (Fsp3) is 0.0870. The molecule has 0 atom stereocenters. The van der Waals surface area contributed by atoms with Crippen LogP contribution in [0, 0.1) is 17.5 Å². The number of rotatable bonds is 6. The molecule has 0 radical (unpaired) electrons. The van der Waals surface area contributed by atoms with E-state index in [1.807, 2.05) is 0 Å². The van der Waals surface area contributed by atoms with Crippen molar-refractivity contribution in [2.24, 2.45) is 0 Å². The molecule has 4 aromatic rings. The zero-order valence-corrected chi connectivity index (χ0v) is 17.4. The van der Waals surface area contributed by atoms with Gasteiger partial charge in [0.05, 0.1) is 10.6 Å². The maximum atomic E-state index is 13.4. The van der Waals surface area contributed by atoms with Crippen molar-refractivity contribution >= 4 is 32.3 Å². The van der Waals surface area contributed by atoms with Crippen molar-refractivity contribution in [2.75, 3.05) is 5.32 Å². The number of hydrogen-bond acceptors (Lipinski definition) is 3. The molecule has 32 heavy (non-hydrogen) atoms. The van der Waals surface area contributed by atoms with E-state index in [4.69, 9.17) is 0 Å². The van der Waals surface area contributed by atoms with Crippen LogP contribution < -0.4 is 5.32 Å². The second-order valence-electron chi connectivity index (χ2n) is 7.20. The SMILES string of the molecule is O=C(Cn1cc(S(=O)(=O)Cc2ccc(F)cc2)c2ccccc21)Nc1ccc(F)c(F)c1. The van der Waals surface area contributed by atoms with Gasteiger partial charge in [-0.05, 0) is 35.9 Å². The van der Waals surface area contributed by atoms with E-state index in [0.29, 0.717) is 16.5 Å². The maximum Gasteiger partial charge on any atom is 0.244 e. The van der Waals surface area contributed by atoms with Crippen LogP contribution in [0.15, 0.2) is 77.8 Å². The summed E-state index contributed by atoms with van der Waals surface area (Å²) in [5.74, 6) is -3.46. The van der Waals surface area contributed by atoms with Crippen molar-refractivity contribution in [2.45, 2.75) is 17.2 Å². The first-order chi connectivity index (χ1) is 15.2. The van der Waals surface area contributed by atoms with E-state index >= 15 is 0 Å². The van der Waals surface area contributed by atoms with Crippen LogP contribution in [-0.2, 0) is 26.9 Å². The van der Waals surface area contributed by atoms with E-state index in [9.17, 15) is 26.4 Å². The lowest BCUT2D eigenvalue weighted by molar-refractivity contribution is -0.116. The molecule has 0 aliphatic rings. The van der Waals surface area contributed by atoms with Gasteiger partial charge in [0.2, 0.25) is 5.91 Å². The van der Waals surface area contributed by atoms with E-state index in [1.165, 1.54) is 41.1 Å². The Hall–Kier alpha value is -3.59. The molecule has 0 fully saturated rings. The monoisotopic (exact) mass is 458 g/mol. The molecule has 0 bridgehead atoms. The Morgan fingerprint density at radius 2 is 1.62 bits per heavy atom. The van der Waals surface area contributed by atoms with Crippen molar-refractivity contribution in [3.63, 3.8) is 0 Å². The minimum absolute atomic E-state index is 0.0399. The summed E-state index contributed by atoms with van der Waals surface area (Å²) in [5, 5.41) is 2.90. The summed E-state index contributed by atoms with van der Waals surface area (Å²) in [6.07, 6.45) is 1.37. The molecule has 1 N–H and O–H groups in total. The standard InChI is InChI=1S/C23H17F3N2O3S/c24-16-7-5-15(6-8-16)14-32(30,31)22-12-28(21-4-2-1-3-18(21)22)13-23(29)27-17-9-10-19(25)20(26)11-17/h1-12H,13-14H2,(H,27,29). The molecule has 5 nitrogen and oxygen atoms in total. The van der Waals surface area contributed by atoms with Gasteiger partial charge in [0, 0.05) is 28.9 Å². The smallest absolute Gasteiger partial charge is 0.244 e. The average Bonchev–Trinajstić information content (AvgIpc) is 3.12. The topological polar surface area (TPSA) is 68.2 Å². The fourth-order valence-electron chi connectivity index (χ4n) is 3.40. The molecule has 0 saturated heterocycles. The van der Waals surface area contributed by atoms with Gasteiger partial charge >= 0.3 is 0 Å². The summed E-state index contributed by atoms with van der Waals surface area (Å²) >= 11 is 0. The summed E-state index contributed by atoms with van der Waals surface area (Å²) in [7, 11) is -3.80. The van der Waals surface area contributed by atoms with Gasteiger partial charge in [-0.25, -0.2) is 21.6 Å². The van der Waals surface area contributed by atoms with E-state index < -0.39 is 33.2 Å². The van der Waals surface area contributed by atoms with E-state index in [2.05, 4.69) is 5.32 Å². The van der Waals surface area contributed by atoms with Crippen molar-refractivity contribution in [1.29, 1.82) is 0 Å². The Morgan fingerprint density at radius 3 is 2.34 bits per heavy atom. The van der Waals surface area contributed by atoms with Crippen LogP contribution in [0.25, 0.3) is 10.9 Å². The van der Waals surface area contributed by atoms with Crippen LogP contribution in [0.2, 0.25) is 0 Å². The highest BCUT2D eigenvalue weighted by Gasteiger charge is 2.22. The molecule has 0 spiro atoms. The Balaban J connectivity index is 1.62. The molecule has 0 aliphatic heterocycles. The van der Waals surface area contributed by atoms with Gasteiger partial charge in [0.15, 0.2) is 21.5 Å². The maximum absolute atomic E-state index is 13.4. The number of carbonyl (C=O) groups excluding carboxylic acids is 1. The summed E-state index contributed by atoms with van der Waals surface area (Å²) < 4.78 is 67.2. The highest BCUT2D eigenvalue weighted by molar-refractivity contribution is 7.90. The first kappa shape index (κ1) is 21.6. The quantitative estimate of drug-likeness (QED) is 0.457. The number of benzene rings is 3. The van der Waals surface area contributed by atoms with Gasteiger partial charge in [-0.3, -0.25) is 4.79 Å². The second-order valence-corrected chi connectivity index (χ2v) is 9.16. The van der Waals surface area contributed by atoms with Crippen LogP contribution in [-0.4, -0.2) is 18.9 Å². The first-order valence-electron chi connectivity index (χ1n) is 9.53. The van der Waals surface area contributed by atoms with E-state index in [-0.39, 0.29) is 22.9 Å². The zero-order chi connectivity index (χ0) is 22.9. The zero-order valence-electron chi connectivity index (χ0n) is 16.6. The number of nitrogens with zero attached hydrogens (tertiary/aromatic N) is 1. The third-order valence-corrected chi connectivity index (χ3v) is 6.58. The van der Waals surface area contributed by atoms with Crippen LogP contribution >= 0.6 is 0 Å². The highest BCUT2D eigenvalue weighted by Crippen LogP contribution is 2.28. The lowest BCUT2D eigenvalue weighted by Gasteiger charge is -2.07. The van der Waals surface area contributed by atoms with Gasteiger partial charge in [-0.15, -0.1) is 0 Å². The van der Waals surface area contributed by atoms with Crippen molar-refractivity contribution in [3.8, 4) is 0 Å². The summed E-state index contributed by atoms with van der Waals surface area (Å²) in [6.45, 7) is -0.244. The molecule has 9 heteroatoms. The number of sulfone groups is 1. The second kappa shape index (κ2) is 8.51. The number of amides is 1. The number of hydrogen-bond donors (Lipinski definition) is 1. The lowest BCUT2D eigenvalue weighted by Crippen LogP contribution is -2.18. The van der Waals surface area contributed by atoms with Crippen LogP contribution in [0.1, 0.15) is 5.56 Å². The van der Waals surface area contributed by atoms with Crippen molar-refractivity contribution < 1.29 is 26.4 Å². The average molecular weight is 458 g/mol. The Bertz CT molecular complexity index is 1410. The summed E-state index contributed by atoms with van der Waals surface area (Å²) in [5.41, 5.74) is 1.03. The molecule has 4 rings (SSSR count). The third-order valence-electron chi connectivity index (χ3n) is 4.87. The molecule has 0 saturated carbocycles. The number of halogens is 3. The minimum Gasteiger partial charge on any atom is -0.337 e. The minimum atomic E-state index is -3.80. The normalized spacial score (nSPS) is 11.6. The van der Waals surface area contributed by atoms with E-state index in [1.54, 1.807) is 24.3 Å². The number of carbonyl (C=O) groups is 1. The number of anilines is 1. The summed E-state index contributed by atoms with van der Waals surface area (Å²) in [4.78, 5) is 12.5. The molecular weight excluding hydrogens is 441 g/mol. The lowest BCUT2D eigenvalue weighted by atomic mass is 10.2. The molecule has 0 aliphatic carbocycles. The fourth-order valence-corrected chi connectivity index (χ4v) is 4.98. The van der Waals surface area contributed by atoms with Crippen molar-refractivity contribution in [3.05, 3.63) is 95.9 Å². The molecule has 1 aromatic heterocycles. The Labute approximate surface area is 182 Å². The van der Waals surface area contributed by atoms with Crippen LogP contribution in [0.4, 0.5) is 18.9 Å². The van der Waals surface area contributed by atoms with Crippen LogP contribution in [0.3, 0.4) is 0 Å². The van der Waals surface area contributed by atoms with Gasteiger partial charge in [0.25, 0.3) is 0 Å². The molecule has 3 aromatic carbocycles. The molecule has 1 amide bonds. The van der Waals surface area contributed by atoms with Gasteiger partial charge in [-0.1, -0.05) is 30.3 Å². The van der Waals surface area contributed by atoms with Gasteiger partial charge in [-0.2, -0.15) is 0 Å². The summed E-state index contributed by atoms with van der Waals surface area (Å²) in [6, 6.07) is 14.9. The molecule has 164 valence electrons. The Kier molecular flexibility index (Phi) is 5.75. The number of nitrogens with one attached hydrogen (secondary N) is 1. The van der Waals surface area contributed by atoms with Gasteiger partial charge < -0.3 is 9.88 Å². The van der Waals surface area contributed by atoms with E-state index in [0.717, 1.165) is 12.1 Å². The molecule has 0 unspecified atom stereocenters. The number of para-hydroxylation sites is 1. The Morgan fingerprint density at radius 1 is 0.906 bits per heavy atom. The number of aromatic nitrogens is 1. The van der Waals surface area contributed by atoms with Gasteiger partial charge in [0.1, 0.15) is 12.4 Å². The predicted molar refractivity (Wildman–Crippen MR) is 114 cm³/mol. The highest BCUT2D eigenvalue weighted by atomic mass is 32.2. The third kappa shape index (κ3) is 4.52. The first-order valence-corrected chi connectivity index (χ1v) is 11.2. The van der Waals surface area contributed by atoms with Crippen LogP contribution in [0.5, 0.6) is 0 Å². The molecular formula is C23H17F3N2O3S. The number of fused-ring (bicyclic) bond motifs is 1.